The number of aryl methyl sites for hydroxylation is 1. The van der Waals surface area contributed by atoms with E-state index in [9.17, 15) is 4.79 Å². The van der Waals surface area contributed by atoms with E-state index in [1.807, 2.05) is 13.8 Å². The fourth-order valence-electron chi connectivity index (χ4n) is 2.73. The monoisotopic (exact) mass is 265 g/mol. The van der Waals surface area contributed by atoms with Crippen LogP contribution in [0.2, 0.25) is 0 Å². The number of carbonyl (C=O) groups excluding carboxylic acids is 1. The second-order valence-electron chi connectivity index (χ2n) is 5.46. The smallest absolute Gasteiger partial charge is 0.228 e. The normalized spacial score (nSPS) is 24.4. The van der Waals surface area contributed by atoms with Gasteiger partial charge in [-0.3, -0.25) is 4.79 Å². The van der Waals surface area contributed by atoms with Gasteiger partial charge in [0.1, 0.15) is 11.8 Å². The van der Waals surface area contributed by atoms with E-state index >= 15 is 0 Å². The number of oxazole rings is 1. The maximum Gasteiger partial charge on any atom is 0.228 e. The van der Waals surface area contributed by atoms with Crippen LogP contribution in [0.5, 0.6) is 0 Å². The Morgan fingerprint density at radius 3 is 3.00 bits per heavy atom. The molecule has 2 atom stereocenters. The molecule has 2 rings (SSSR count). The maximum atomic E-state index is 12.5. The van der Waals surface area contributed by atoms with Gasteiger partial charge >= 0.3 is 0 Å². The quantitative estimate of drug-likeness (QED) is 0.854. The molecule has 1 saturated heterocycles. The lowest BCUT2D eigenvalue weighted by molar-refractivity contribution is -0.131. The van der Waals surface area contributed by atoms with Gasteiger partial charge in [0, 0.05) is 6.54 Å². The lowest BCUT2D eigenvalue weighted by atomic mass is 9.81. The third kappa shape index (κ3) is 2.97. The molecule has 1 amide bonds. The van der Waals surface area contributed by atoms with Gasteiger partial charge in [-0.15, -0.1) is 0 Å². The van der Waals surface area contributed by atoms with Crippen molar-refractivity contribution in [3.63, 3.8) is 0 Å². The first-order chi connectivity index (χ1) is 9.07. The van der Waals surface area contributed by atoms with E-state index in [4.69, 9.17) is 4.42 Å². The van der Waals surface area contributed by atoms with Gasteiger partial charge in [-0.2, -0.15) is 0 Å². The highest BCUT2D eigenvalue weighted by Gasteiger charge is 2.40. The number of nitrogens with one attached hydrogen (secondary N) is 2. The SMILES string of the molecule is CCCC1(C(=O)NC(C)c2ncc(C)o2)CCNC1. The predicted molar refractivity (Wildman–Crippen MR) is 72.6 cm³/mol. The zero-order valence-electron chi connectivity index (χ0n) is 12.0. The molecule has 5 nitrogen and oxygen atoms in total. The summed E-state index contributed by atoms with van der Waals surface area (Å²) in [6, 6.07) is -0.185. The molecule has 0 spiro atoms. The number of carbonyl (C=O) groups is 1. The van der Waals surface area contributed by atoms with E-state index in [0.29, 0.717) is 5.89 Å². The minimum Gasteiger partial charge on any atom is -0.444 e. The fourth-order valence-corrected chi connectivity index (χ4v) is 2.73. The lowest BCUT2D eigenvalue weighted by Gasteiger charge is -2.27. The highest BCUT2D eigenvalue weighted by Crippen LogP contribution is 2.32. The summed E-state index contributed by atoms with van der Waals surface area (Å²) in [4.78, 5) is 16.7. The summed E-state index contributed by atoms with van der Waals surface area (Å²) in [5, 5.41) is 6.34. The highest BCUT2D eigenvalue weighted by atomic mass is 16.4. The van der Waals surface area contributed by atoms with Crippen molar-refractivity contribution in [1.29, 1.82) is 0 Å². The molecule has 5 heteroatoms. The molecule has 1 aromatic heterocycles. The molecule has 0 radical (unpaired) electrons. The standard InChI is InChI=1S/C14H23N3O2/c1-4-5-14(6-7-15-9-14)13(18)17-11(3)12-16-8-10(2)19-12/h8,11,15H,4-7,9H2,1-3H3,(H,17,18). The minimum absolute atomic E-state index is 0.114. The zero-order valence-corrected chi connectivity index (χ0v) is 12.0. The van der Waals surface area contributed by atoms with E-state index in [1.54, 1.807) is 6.20 Å². The Morgan fingerprint density at radius 2 is 2.47 bits per heavy atom. The summed E-state index contributed by atoms with van der Waals surface area (Å²) in [5.74, 6) is 1.45. The van der Waals surface area contributed by atoms with Crippen LogP contribution in [-0.4, -0.2) is 24.0 Å². The van der Waals surface area contributed by atoms with Gasteiger partial charge in [0.25, 0.3) is 0 Å². The molecule has 0 aromatic carbocycles. The van der Waals surface area contributed by atoms with Crippen LogP contribution in [0.1, 0.15) is 50.8 Å². The third-order valence-corrected chi connectivity index (χ3v) is 3.81. The number of hydrogen-bond donors (Lipinski definition) is 2. The first kappa shape index (κ1) is 14.1. The first-order valence-electron chi connectivity index (χ1n) is 7.01. The van der Waals surface area contributed by atoms with Gasteiger partial charge < -0.3 is 15.1 Å². The lowest BCUT2D eigenvalue weighted by Crippen LogP contribution is -2.43. The number of hydrogen-bond acceptors (Lipinski definition) is 4. The van der Waals surface area contributed by atoms with Gasteiger partial charge in [0.05, 0.1) is 11.6 Å². The number of amides is 1. The summed E-state index contributed by atoms with van der Waals surface area (Å²) < 4.78 is 5.46. The summed E-state index contributed by atoms with van der Waals surface area (Å²) in [6.45, 7) is 7.56. The van der Waals surface area contributed by atoms with E-state index < -0.39 is 0 Å². The van der Waals surface area contributed by atoms with Gasteiger partial charge in [0.2, 0.25) is 11.8 Å². The molecule has 2 unspecified atom stereocenters. The van der Waals surface area contributed by atoms with Gasteiger partial charge in [-0.1, -0.05) is 13.3 Å². The molecule has 1 aliphatic rings. The molecule has 19 heavy (non-hydrogen) atoms. The zero-order chi connectivity index (χ0) is 13.9. The molecule has 1 fully saturated rings. The molecule has 2 heterocycles. The maximum absolute atomic E-state index is 12.5. The van der Waals surface area contributed by atoms with Crippen molar-refractivity contribution in [1.82, 2.24) is 15.6 Å². The van der Waals surface area contributed by atoms with Crippen LogP contribution in [0.4, 0.5) is 0 Å². The number of nitrogens with zero attached hydrogens (tertiary/aromatic N) is 1. The molecular formula is C14H23N3O2. The average molecular weight is 265 g/mol. The largest absolute Gasteiger partial charge is 0.444 e. The molecule has 1 aliphatic heterocycles. The predicted octanol–water partition coefficient (Wildman–Crippen LogP) is 1.94. The molecule has 0 aliphatic carbocycles. The molecule has 2 N–H and O–H groups in total. The Labute approximate surface area is 114 Å². The van der Waals surface area contributed by atoms with E-state index in [0.717, 1.165) is 38.1 Å². The van der Waals surface area contributed by atoms with Gasteiger partial charge in [-0.25, -0.2) is 4.98 Å². The van der Waals surface area contributed by atoms with Crippen LogP contribution < -0.4 is 10.6 Å². The Kier molecular flexibility index (Phi) is 4.24. The number of aromatic nitrogens is 1. The Bertz CT molecular complexity index is 436. The molecular weight excluding hydrogens is 242 g/mol. The fraction of sp³-hybridized carbons (Fsp3) is 0.714. The topological polar surface area (TPSA) is 67.2 Å². The van der Waals surface area contributed by atoms with Crippen LogP contribution in [-0.2, 0) is 4.79 Å². The van der Waals surface area contributed by atoms with Gasteiger partial charge in [-0.05, 0) is 33.2 Å². The van der Waals surface area contributed by atoms with Crippen LogP contribution in [0.3, 0.4) is 0 Å². The van der Waals surface area contributed by atoms with Crippen molar-refractivity contribution in [2.24, 2.45) is 5.41 Å². The Morgan fingerprint density at radius 1 is 1.68 bits per heavy atom. The van der Waals surface area contributed by atoms with Crippen LogP contribution in [0.15, 0.2) is 10.6 Å². The van der Waals surface area contributed by atoms with E-state index in [-0.39, 0.29) is 17.4 Å². The van der Waals surface area contributed by atoms with Crippen molar-refractivity contribution in [2.45, 2.75) is 46.1 Å². The minimum atomic E-state index is -0.259. The second-order valence-corrected chi connectivity index (χ2v) is 5.46. The van der Waals surface area contributed by atoms with Crippen molar-refractivity contribution in [2.75, 3.05) is 13.1 Å². The molecule has 0 saturated carbocycles. The van der Waals surface area contributed by atoms with E-state index in [2.05, 4.69) is 22.5 Å². The molecule has 106 valence electrons. The van der Waals surface area contributed by atoms with E-state index in [1.165, 1.54) is 0 Å². The summed E-state index contributed by atoms with van der Waals surface area (Å²) in [5.41, 5.74) is -0.259. The average Bonchev–Trinajstić information content (AvgIpc) is 2.99. The molecule has 1 aromatic rings. The van der Waals surface area contributed by atoms with Gasteiger partial charge in [0.15, 0.2) is 0 Å². The first-order valence-corrected chi connectivity index (χ1v) is 7.01. The van der Waals surface area contributed by atoms with Crippen molar-refractivity contribution >= 4 is 5.91 Å². The van der Waals surface area contributed by atoms with Crippen LogP contribution in [0, 0.1) is 12.3 Å². The summed E-state index contributed by atoms with van der Waals surface area (Å²) in [6.07, 6.45) is 4.52. The Balaban J connectivity index is 2.03. The van der Waals surface area contributed by atoms with Crippen molar-refractivity contribution in [3.8, 4) is 0 Å². The van der Waals surface area contributed by atoms with Crippen molar-refractivity contribution < 1.29 is 9.21 Å². The second kappa shape index (κ2) is 5.74. The summed E-state index contributed by atoms with van der Waals surface area (Å²) in [7, 11) is 0. The summed E-state index contributed by atoms with van der Waals surface area (Å²) >= 11 is 0. The highest BCUT2D eigenvalue weighted by molar-refractivity contribution is 5.83. The van der Waals surface area contributed by atoms with Crippen LogP contribution >= 0.6 is 0 Å². The Hall–Kier alpha value is -1.36. The third-order valence-electron chi connectivity index (χ3n) is 3.81. The number of rotatable bonds is 5. The van der Waals surface area contributed by atoms with Crippen LogP contribution in [0.25, 0.3) is 0 Å². The van der Waals surface area contributed by atoms with Crippen molar-refractivity contribution in [3.05, 3.63) is 17.8 Å². The molecule has 0 bridgehead atoms.